The van der Waals surface area contributed by atoms with Gasteiger partial charge in [0.25, 0.3) is 0 Å². The maximum atomic E-state index is 12.0. The second-order valence-electron chi connectivity index (χ2n) is 6.19. The van der Waals surface area contributed by atoms with E-state index in [0.717, 1.165) is 45.2 Å². The normalized spacial score (nSPS) is 37.2. The first-order valence-corrected chi connectivity index (χ1v) is 7.30. The van der Waals surface area contributed by atoms with Crippen molar-refractivity contribution in [1.82, 2.24) is 10.6 Å². The number of hydrogen-bond acceptors (Lipinski definition) is 3. The molecule has 1 aliphatic heterocycles. The van der Waals surface area contributed by atoms with Crippen molar-refractivity contribution in [2.24, 2.45) is 11.8 Å². The molecule has 1 saturated carbocycles. The Morgan fingerprint density at radius 3 is 2.94 bits per heavy atom. The molecule has 3 N–H and O–H groups in total. The van der Waals surface area contributed by atoms with Crippen molar-refractivity contribution in [2.75, 3.05) is 19.6 Å². The highest BCUT2D eigenvalue weighted by molar-refractivity contribution is 5.79. The molecular formula is C14H26N2O2. The van der Waals surface area contributed by atoms with Gasteiger partial charge in [-0.3, -0.25) is 4.79 Å². The van der Waals surface area contributed by atoms with E-state index in [1.54, 1.807) is 0 Å². The van der Waals surface area contributed by atoms with Gasteiger partial charge in [-0.2, -0.15) is 0 Å². The predicted octanol–water partition coefficient (Wildman–Crippen LogP) is 1.04. The average Bonchev–Trinajstić information content (AvgIpc) is 2.37. The zero-order valence-electron chi connectivity index (χ0n) is 11.4. The number of hydrogen-bond donors (Lipinski definition) is 3. The highest BCUT2D eigenvalue weighted by atomic mass is 16.3. The number of piperidine rings is 1. The van der Waals surface area contributed by atoms with Gasteiger partial charge in [0.2, 0.25) is 5.91 Å². The minimum absolute atomic E-state index is 0.0864. The lowest BCUT2D eigenvalue weighted by Crippen LogP contribution is -2.49. The van der Waals surface area contributed by atoms with Crippen LogP contribution in [0.2, 0.25) is 0 Å². The highest BCUT2D eigenvalue weighted by Gasteiger charge is 2.33. The molecular weight excluding hydrogens is 228 g/mol. The molecule has 2 rings (SSSR count). The van der Waals surface area contributed by atoms with E-state index in [-0.39, 0.29) is 11.8 Å². The molecule has 0 aromatic heterocycles. The van der Waals surface area contributed by atoms with Gasteiger partial charge in [0, 0.05) is 13.1 Å². The molecule has 18 heavy (non-hydrogen) atoms. The molecule has 4 nitrogen and oxygen atoms in total. The Hall–Kier alpha value is -0.610. The largest absolute Gasteiger partial charge is 0.388 e. The minimum Gasteiger partial charge on any atom is -0.388 e. The molecule has 2 aliphatic rings. The summed E-state index contributed by atoms with van der Waals surface area (Å²) in [6.07, 6.45) is 5.94. The van der Waals surface area contributed by atoms with Crippen LogP contribution in [0.4, 0.5) is 0 Å². The number of rotatable bonds is 3. The Balaban J connectivity index is 1.77. The molecule has 0 aromatic rings. The minimum atomic E-state index is -0.671. The highest BCUT2D eigenvalue weighted by Crippen LogP contribution is 2.31. The number of amides is 1. The third kappa shape index (κ3) is 3.69. The van der Waals surface area contributed by atoms with E-state index < -0.39 is 5.60 Å². The molecule has 0 spiro atoms. The Morgan fingerprint density at radius 2 is 2.28 bits per heavy atom. The Bertz CT molecular complexity index is 290. The maximum Gasteiger partial charge on any atom is 0.224 e. The molecule has 2 fully saturated rings. The van der Waals surface area contributed by atoms with Gasteiger partial charge in [-0.05, 0) is 38.1 Å². The van der Waals surface area contributed by atoms with E-state index in [0.29, 0.717) is 12.5 Å². The standard InChI is InChI=1S/C14H26N2O2/c1-11-4-2-6-14(18,8-11)10-16-13(17)12-5-3-7-15-9-12/h11-12,15,18H,2-10H2,1H3,(H,16,17). The topological polar surface area (TPSA) is 61.4 Å². The van der Waals surface area contributed by atoms with Gasteiger partial charge >= 0.3 is 0 Å². The lowest BCUT2D eigenvalue weighted by Gasteiger charge is -2.36. The summed E-state index contributed by atoms with van der Waals surface area (Å²) in [5, 5.41) is 16.7. The van der Waals surface area contributed by atoms with E-state index in [4.69, 9.17) is 0 Å². The van der Waals surface area contributed by atoms with E-state index in [9.17, 15) is 9.90 Å². The van der Waals surface area contributed by atoms with Crippen LogP contribution in [0.15, 0.2) is 0 Å². The van der Waals surface area contributed by atoms with E-state index in [2.05, 4.69) is 17.6 Å². The molecule has 1 heterocycles. The van der Waals surface area contributed by atoms with Crippen LogP contribution in [-0.2, 0) is 4.79 Å². The molecule has 0 radical (unpaired) electrons. The van der Waals surface area contributed by atoms with Crippen LogP contribution in [0.25, 0.3) is 0 Å². The molecule has 4 heteroatoms. The van der Waals surface area contributed by atoms with Crippen LogP contribution < -0.4 is 10.6 Å². The van der Waals surface area contributed by atoms with E-state index in [1.807, 2.05) is 0 Å². The second kappa shape index (κ2) is 6.02. The Morgan fingerprint density at radius 1 is 1.44 bits per heavy atom. The van der Waals surface area contributed by atoms with Crippen molar-refractivity contribution >= 4 is 5.91 Å². The van der Waals surface area contributed by atoms with Gasteiger partial charge in [0.15, 0.2) is 0 Å². The summed E-state index contributed by atoms with van der Waals surface area (Å²) in [6, 6.07) is 0. The fourth-order valence-corrected chi connectivity index (χ4v) is 3.26. The van der Waals surface area contributed by atoms with Crippen molar-refractivity contribution in [1.29, 1.82) is 0 Å². The maximum absolute atomic E-state index is 12.0. The first-order valence-electron chi connectivity index (χ1n) is 7.30. The number of aliphatic hydroxyl groups is 1. The van der Waals surface area contributed by atoms with Crippen LogP contribution in [0.1, 0.15) is 45.4 Å². The summed E-state index contributed by atoms with van der Waals surface area (Å²) in [6.45, 7) is 4.40. The molecule has 0 bridgehead atoms. The van der Waals surface area contributed by atoms with Gasteiger partial charge in [-0.25, -0.2) is 0 Å². The Kier molecular flexibility index (Phi) is 4.62. The molecule has 3 unspecified atom stereocenters. The third-order valence-electron chi connectivity index (χ3n) is 4.33. The fraction of sp³-hybridized carbons (Fsp3) is 0.929. The predicted molar refractivity (Wildman–Crippen MR) is 71.2 cm³/mol. The van der Waals surface area contributed by atoms with Gasteiger partial charge in [-0.1, -0.05) is 19.8 Å². The summed E-state index contributed by atoms with van der Waals surface area (Å²) in [5.41, 5.74) is -0.671. The number of carbonyl (C=O) groups excluding carboxylic acids is 1. The number of nitrogens with one attached hydrogen (secondary N) is 2. The molecule has 3 atom stereocenters. The third-order valence-corrected chi connectivity index (χ3v) is 4.33. The smallest absolute Gasteiger partial charge is 0.224 e. The molecule has 1 aliphatic carbocycles. The second-order valence-corrected chi connectivity index (χ2v) is 6.19. The lowest BCUT2D eigenvalue weighted by atomic mass is 9.79. The molecule has 104 valence electrons. The van der Waals surface area contributed by atoms with E-state index in [1.165, 1.54) is 6.42 Å². The van der Waals surface area contributed by atoms with Crippen molar-refractivity contribution in [3.05, 3.63) is 0 Å². The van der Waals surface area contributed by atoms with Crippen LogP contribution in [0.5, 0.6) is 0 Å². The van der Waals surface area contributed by atoms with Crippen LogP contribution in [-0.4, -0.2) is 36.2 Å². The summed E-state index contributed by atoms with van der Waals surface area (Å²) >= 11 is 0. The van der Waals surface area contributed by atoms with Crippen molar-refractivity contribution < 1.29 is 9.90 Å². The van der Waals surface area contributed by atoms with Crippen molar-refractivity contribution in [3.63, 3.8) is 0 Å². The summed E-state index contributed by atoms with van der Waals surface area (Å²) in [5.74, 6) is 0.759. The zero-order valence-corrected chi connectivity index (χ0v) is 11.4. The van der Waals surface area contributed by atoms with Crippen LogP contribution in [0.3, 0.4) is 0 Å². The average molecular weight is 254 g/mol. The van der Waals surface area contributed by atoms with Gasteiger partial charge < -0.3 is 15.7 Å². The molecule has 1 saturated heterocycles. The number of carbonyl (C=O) groups is 1. The fourth-order valence-electron chi connectivity index (χ4n) is 3.26. The van der Waals surface area contributed by atoms with Crippen molar-refractivity contribution in [2.45, 2.75) is 51.0 Å². The lowest BCUT2D eigenvalue weighted by molar-refractivity contribution is -0.127. The summed E-state index contributed by atoms with van der Waals surface area (Å²) in [7, 11) is 0. The van der Waals surface area contributed by atoms with Gasteiger partial charge in [-0.15, -0.1) is 0 Å². The van der Waals surface area contributed by atoms with Crippen LogP contribution >= 0.6 is 0 Å². The first kappa shape index (κ1) is 13.8. The molecule has 1 amide bonds. The van der Waals surface area contributed by atoms with Crippen LogP contribution in [0, 0.1) is 11.8 Å². The van der Waals surface area contributed by atoms with Crippen molar-refractivity contribution in [3.8, 4) is 0 Å². The van der Waals surface area contributed by atoms with E-state index >= 15 is 0 Å². The zero-order chi connectivity index (χ0) is 13.0. The summed E-state index contributed by atoms with van der Waals surface area (Å²) < 4.78 is 0. The van der Waals surface area contributed by atoms with Gasteiger partial charge in [0.1, 0.15) is 0 Å². The molecule has 0 aromatic carbocycles. The first-order chi connectivity index (χ1) is 8.59. The quantitative estimate of drug-likeness (QED) is 0.705. The monoisotopic (exact) mass is 254 g/mol. The SMILES string of the molecule is CC1CCCC(O)(CNC(=O)C2CCCNC2)C1. The Labute approximate surface area is 110 Å². The van der Waals surface area contributed by atoms with Gasteiger partial charge in [0.05, 0.1) is 11.5 Å². The summed E-state index contributed by atoms with van der Waals surface area (Å²) in [4.78, 5) is 12.0.